The number of carbonyl (C=O) groups excluding carboxylic acids is 1. The van der Waals surface area contributed by atoms with Crippen LogP contribution in [0.5, 0.6) is 0 Å². The van der Waals surface area contributed by atoms with Gasteiger partial charge in [0.1, 0.15) is 0 Å². The van der Waals surface area contributed by atoms with Gasteiger partial charge in [-0.25, -0.2) is 9.78 Å². The number of para-hydroxylation sites is 2. The van der Waals surface area contributed by atoms with Gasteiger partial charge in [0.05, 0.1) is 35.9 Å². The Morgan fingerprint density at radius 1 is 1.24 bits per heavy atom. The third-order valence-corrected chi connectivity index (χ3v) is 3.92. The minimum atomic E-state index is -0.513. The standard InChI is InChI=1S/C17H17N5O3/c1-21(10-12-9-18-13-5-3-4-6-14(13)20-12)15(23)7-11-8-19-17(25)22(2)16(11)24/h3-6,8-9H,7,10H2,1-2H3,(H,19,25). The molecule has 8 nitrogen and oxygen atoms in total. The highest BCUT2D eigenvalue weighted by molar-refractivity contribution is 5.78. The molecule has 0 fully saturated rings. The Hall–Kier alpha value is -3.29. The lowest BCUT2D eigenvalue weighted by atomic mass is 10.2. The highest BCUT2D eigenvalue weighted by Gasteiger charge is 2.14. The number of aromatic nitrogens is 4. The molecule has 128 valence electrons. The summed E-state index contributed by atoms with van der Waals surface area (Å²) in [4.78, 5) is 48.4. The van der Waals surface area contributed by atoms with Crippen LogP contribution in [-0.4, -0.2) is 37.4 Å². The van der Waals surface area contributed by atoms with Gasteiger partial charge in [0.15, 0.2) is 0 Å². The predicted molar refractivity (Wildman–Crippen MR) is 92.0 cm³/mol. The van der Waals surface area contributed by atoms with Gasteiger partial charge in [0, 0.05) is 25.9 Å². The van der Waals surface area contributed by atoms with Crippen molar-refractivity contribution in [2.75, 3.05) is 7.05 Å². The van der Waals surface area contributed by atoms with Gasteiger partial charge >= 0.3 is 5.69 Å². The maximum absolute atomic E-state index is 12.4. The molecule has 0 bridgehead atoms. The SMILES string of the molecule is CN(Cc1cnc2ccccc2n1)C(=O)Cc1c[nH]c(=O)n(C)c1=O. The number of amides is 1. The molecule has 3 rings (SSSR count). The van der Waals surface area contributed by atoms with Gasteiger partial charge in [-0.15, -0.1) is 0 Å². The maximum atomic E-state index is 12.4. The Morgan fingerprint density at radius 2 is 1.96 bits per heavy atom. The van der Waals surface area contributed by atoms with E-state index in [1.54, 1.807) is 13.2 Å². The van der Waals surface area contributed by atoms with Crippen molar-refractivity contribution in [3.05, 3.63) is 68.8 Å². The lowest BCUT2D eigenvalue weighted by molar-refractivity contribution is -0.129. The summed E-state index contributed by atoms with van der Waals surface area (Å²) in [5.74, 6) is -0.251. The average Bonchev–Trinajstić information content (AvgIpc) is 2.62. The summed E-state index contributed by atoms with van der Waals surface area (Å²) in [6.45, 7) is 0.278. The first-order chi connectivity index (χ1) is 12.0. The molecule has 0 aliphatic heterocycles. The second-order valence-electron chi connectivity index (χ2n) is 5.76. The third-order valence-electron chi connectivity index (χ3n) is 3.92. The first kappa shape index (κ1) is 16.6. The number of benzene rings is 1. The molecule has 2 heterocycles. The van der Waals surface area contributed by atoms with E-state index in [2.05, 4.69) is 15.0 Å². The fourth-order valence-corrected chi connectivity index (χ4v) is 2.44. The number of rotatable bonds is 4. The van der Waals surface area contributed by atoms with E-state index in [0.29, 0.717) is 5.69 Å². The molecule has 0 radical (unpaired) electrons. The van der Waals surface area contributed by atoms with E-state index in [9.17, 15) is 14.4 Å². The number of nitrogens with zero attached hydrogens (tertiary/aromatic N) is 4. The minimum Gasteiger partial charge on any atom is -0.340 e. The van der Waals surface area contributed by atoms with E-state index in [4.69, 9.17) is 0 Å². The van der Waals surface area contributed by atoms with Crippen LogP contribution < -0.4 is 11.2 Å². The molecule has 1 amide bonds. The summed E-state index contributed by atoms with van der Waals surface area (Å²) in [6.07, 6.45) is 2.82. The van der Waals surface area contributed by atoms with E-state index in [0.717, 1.165) is 15.6 Å². The van der Waals surface area contributed by atoms with Crippen molar-refractivity contribution in [3.63, 3.8) is 0 Å². The molecule has 25 heavy (non-hydrogen) atoms. The first-order valence-corrected chi connectivity index (χ1v) is 7.68. The summed E-state index contributed by atoms with van der Waals surface area (Å²) in [7, 11) is 3.00. The predicted octanol–water partition coefficient (Wildman–Crippen LogP) is 0.218. The lowest BCUT2D eigenvalue weighted by Gasteiger charge is -2.16. The van der Waals surface area contributed by atoms with Crippen molar-refractivity contribution in [2.45, 2.75) is 13.0 Å². The number of fused-ring (bicyclic) bond motifs is 1. The van der Waals surface area contributed by atoms with Crippen LogP contribution in [0.15, 0.2) is 46.2 Å². The number of hydrogen-bond donors (Lipinski definition) is 1. The van der Waals surface area contributed by atoms with E-state index in [1.165, 1.54) is 18.1 Å². The van der Waals surface area contributed by atoms with Gasteiger partial charge in [0.2, 0.25) is 5.91 Å². The normalized spacial score (nSPS) is 10.8. The molecule has 0 aliphatic carbocycles. The first-order valence-electron chi connectivity index (χ1n) is 7.68. The molecule has 0 aliphatic rings. The fourth-order valence-electron chi connectivity index (χ4n) is 2.44. The van der Waals surface area contributed by atoms with Crippen LogP contribution >= 0.6 is 0 Å². The van der Waals surface area contributed by atoms with E-state index in [-0.39, 0.29) is 24.4 Å². The Kier molecular flexibility index (Phi) is 4.42. The van der Waals surface area contributed by atoms with Crippen molar-refractivity contribution in [3.8, 4) is 0 Å². The van der Waals surface area contributed by atoms with Crippen LogP contribution in [0.1, 0.15) is 11.3 Å². The number of H-pyrrole nitrogens is 1. The Bertz CT molecular complexity index is 1050. The van der Waals surface area contributed by atoms with Crippen LogP contribution in [-0.2, 0) is 24.8 Å². The average molecular weight is 339 g/mol. The van der Waals surface area contributed by atoms with Gasteiger partial charge in [-0.1, -0.05) is 12.1 Å². The molecule has 0 atom stereocenters. The smallest absolute Gasteiger partial charge is 0.328 e. The highest BCUT2D eigenvalue weighted by Crippen LogP contribution is 2.10. The van der Waals surface area contributed by atoms with Crippen LogP contribution in [0.2, 0.25) is 0 Å². The Labute approximate surface area is 142 Å². The van der Waals surface area contributed by atoms with Crippen LogP contribution in [0.4, 0.5) is 0 Å². The van der Waals surface area contributed by atoms with Gasteiger partial charge in [-0.2, -0.15) is 0 Å². The van der Waals surface area contributed by atoms with Crippen molar-refractivity contribution < 1.29 is 4.79 Å². The molecule has 2 aromatic heterocycles. The molecule has 1 N–H and O–H groups in total. The second-order valence-corrected chi connectivity index (χ2v) is 5.76. The summed E-state index contributed by atoms with van der Waals surface area (Å²) in [5, 5.41) is 0. The Balaban J connectivity index is 1.75. The van der Waals surface area contributed by atoms with Crippen molar-refractivity contribution in [1.82, 2.24) is 24.4 Å². The lowest BCUT2D eigenvalue weighted by Crippen LogP contribution is -2.37. The van der Waals surface area contributed by atoms with Crippen molar-refractivity contribution >= 4 is 16.9 Å². The zero-order chi connectivity index (χ0) is 18.0. The molecular weight excluding hydrogens is 322 g/mol. The monoisotopic (exact) mass is 339 g/mol. The van der Waals surface area contributed by atoms with Gasteiger partial charge < -0.3 is 9.88 Å². The third kappa shape index (κ3) is 3.47. The van der Waals surface area contributed by atoms with Crippen LogP contribution in [0, 0.1) is 0 Å². The second kappa shape index (κ2) is 6.68. The molecule has 0 saturated heterocycles. The largest absolute Gasteiger partial charge is 0.340 e. The molecule has 8 heteroatoms. The van der Waals surface area contributed by atoms with E-state index >= 15 is 0 Å². The Morgan fingerprint density at radius 3 is 2.72 bits per heavy atom. The molecular formula is C17H17N5O3. The zero-order valence-corrected chi connectivity index (χ0v) is 13.9. The quantitative estimate of drug-likeness (QED) is 0.733. The zero-order valence-electron chi connectivity index (χ0n) is 13.9. The molecule has 0 unspecified atom stereocenters. The van der Waals surface area contributed by atoms with Crippen LogP contribution in [0.3, 0.4) is 0 Å². The fraction of sp³-hybridized carbons (Fsp3) is 0.235. The van der Waals surface area contributed by atoms with Crippen molar-refractivity contribution in [1.29, 1.82) is 0 Å². The number of hydrogen-bond acceptors (Lipinski definition) is 5. The molecule has 3 aromatic rings. The topological polar surface area (TPSA) is 101 Å². The molecule has 0 spiro atoms. The maximum Gasteiger partial charge on any atom is 0.328 e. The molecule has 1 aromatic carbocycles. The van der Waals surface area contributed by atoms with Gasteiger partial charge in [0.25, 0.3) is 5.56 Å². The summed E-state index contributed by atoms with van der Waals surface area (Å²) < 4.78 is 0.942. The summed E-state index contributed by atoms with van der Waals surface area (Å²) in [6, 6.07) is 7.49. The van der Waals surface area contributed by atoms with E-state index in [1.807, 2.05) is 24.3 Å². The molecule has 0 saturated carbocycles. The summed E-state index contributed by atoms with van der Waals surface area (Å²) >= 11 is 0. The number of aromatic amines is 1. The minimum absolute atomic E-state index is 0.0963. The number of carbonyl (C=O) groups is 1. The van der Waals surface area contributed by atoms with Crippen molar-refractivity contribution in [2.24, 2.45) is 7.05 Å². The van der Waals surface area contributed by atoms with Gasteiger partial charge in [-0.05, 0) is 12.1 Å². The van der Waals surface area contributed by atoms with Crippen LogP contribution in [0.25, 0.3) is 11.0 Å². The summed E-state index contributed by atoms with van der Waals surface area (Å²) in [5.41, 5.74) is 1.46. The number of nitrogens with one attached hydrogen (secondary N) is 1. The van der Waals surface area contributed by atoms with E-state index < -0.39 is 11.2 Å². The van der Waals surface area contributed by atoms with Gasteiger partial charge in [-0.3, -0.25) is 19.1 Å². The number of likely N-dealkylation sites (N-methyl/N-ethyl adjacent to an activating group) is 1. The highest BCUT2D eigenvalue weighted by atomic mass is 16.2.